The fraction of sp³-hybridized carbons (Fsp3) is 0.360. The molecule has 2 heterocycles. The minimum absolute atomic E-state index is 0.0405. The second-order valence-corrected chi connectivity index (χ2v) is 8.42. The first-order valence-electron chi connectivity index (χ1n) is 10.7. The maximum absolute atomic E-state index is 12.8. The number of nitrogens with one attached hydrogen (secondary N) is 1. The summed E-state index contributed by atoms with van der Waals surface area (Å²) in [4.78, 5) is 31.8. The predicted octanol–water partition coefficient (Wildman–Crippen LogP) is 4.27. The van der Waals surface area contributed by atoms with Crippen LogP contribution in [-0.4, -0.2) is 60.9 Å². The SMILES string of the molecule is COc1ccccc1-c1cc(C(=O)N(C)C)cc2cc([C@H]3CCCN(C(C)=O)C3)[nH]c12. The number of aromatic nitrogens is 1. The number of rotatable bonds is 4. The van der Waals surface area contributed by atoms with Crippen LogP contribution < -0.4 is 4.74 Å². The lowest BCUT2D eigenvalue weighted by atomic mass is 9.94. The van der Waals surface area contributed by atoms with Crippen molar-refractivity contribution in [3.8, 4) is 16.9 Å². The lowest BCUT2D eigenvalue weighted by Crippen LogP contribution is -2.37. The Bertz CT molecular complexity index is 1130. The van der Waals surface area contributed by atoms with Gasteiger partial charge < -0.3 is 19.5 Å². The number of nitrogens with zero attached hydrogens (tertiary/aromatic N) is 2. The van der Waals surface area contributed by atoms with Gasteiger partial charge in [-0.05, 0) is 37.1 Å². The van der Waals surface area contributed by atoms with Crippen molar-refractivity contribution in [2.75, 3.05) is 34.3 Å². The Morgan fingerprint density at radius 3 is 2.61 bits per heavy atom. The van der Waals surface area contributed by atoms with Gasteiger partial charge in [-0.3, -0.25) is 9.59 Å². The molecule has 31 heavy (non-hydrogen) atoms. The van der Waals surface area contributed by atoms with E-state index in [1.165, 1.54) is 0 Å². The molecule has 0 unspecified atom stereocenters. The van der Waals surface area contributed by atoms with Crippen LogP contribution in [0.25, 0.3) is 22.0 Å². The summed E-state index contributed by atoms with van der Waals surface area (Å²) in [6.45, 7) is 3.17. The second-order valence-electron chi connectivity index (χ2n) is 8.42. The molecule has 2 aromatic carbocycles. The van der Waals surface area contributed by atoms with Crippen LogP contribution in [0.1, 0.15) is 41.7 Å². The van der Waals surface area contributed by atoms with Gasteiger partial charge in [-0.15, -0.1) is 0 Å². The number of carbonyl (C=O) groups is 2. The Balaban J connectivity index is 1.86. The molecule has 6 nitrogen and oxygen atoms in total. The van der Waals surface area contributed by atoms with Crippen molar-refractivity contribution in [1.29, 1.82) is 0 Å². The highest BCUT2D eigenvalue weighted by Gasteiger charge is 2.25. The monoisotopic (exact) mass is 419 g/mol. The highest BCUT2D eigenvalue weighted by Crippen LogP contribution is 2.38. The van der Waals surface area contributed by atoms with Crippen molar-refractivity contribution in [2.45, 2.75) is 25.7 Å². The quantitative estimate of drug-likeness (QED) is 0.687. The van der Waals surface area contributed by atoms with Gasteiger partial charge in [0.05, 0.1) is 12.6 Å². The summed E-state index contributed by atoms with van der Waals surface area (Å²) in [5.74, 6) is 1.09. The van der Waals surface area contributed by atoms with E-state index in [1.54, 1.807) is 33.0 Å². The molecule has 0 spiro atoms. The molecule has 0 radical (unpaired) electrons. The molecule has 1 aliphatic heterocycles. The molecule has 1 N–H and O–H groups in total. The maximum atomic E-state index is 12.8. The average molecular weight is 420 g/mol. The average Bonchev–Trinajstić information content (AvgIpc) is 3.22. The number of benzene rings is 2. The van der Waals surface area contributed by atoms with Gasteiger partial charge >= 0.3 is 0 Å². The number of piperidine rings is 1. The number of likely N-dealkylation sites (tertiary alicyclic amines) is 1. The molecule has 162 valence electrons. The van der Waals surface area contributed by atoms with E-state index in [9.17, 15) is 9.59 Å². The zero-order valence-corrected chi connectivity index (χ0v) is 18.6. The van der Waals surface area contributed by atoms with Gasteiger partial charge in [0, 0.05) is 67.8 Å². The molecule has 0 aliphatic carbocycles. The smallest absolute Gasteiger partial charge is 0.253 e. The van der Waals surface area contributed by atoms with Gasteiger partial charge in [-0.2, -0.15) is 0 Å². The van der Waals surface area contributed by atoms with Gasteiger partial charge in [0.25, 0.3) is 5.91 Å². The van der Waals surface area contributed by atoms with Crippen LogP contribution >= 0.6 is 0 Å². The van der Waals surface area contributed by atoms with E-state index < -0.39 is 0 Å². The number of methoxy groups -OCH3 is 1. The minimum Gasteiger partial charge on any atom is -0.496 e. The number of amides is 2. The molecule has 1 aliphatic rings. The van der Waals surface area contributed by atoms with Crippen molar-refractivity contribution in [3.05, 3.63) is 53.7 Å². The fourth-order valence-electron chi connectivity index (χ4n) is 4.46. The van der Waals surface area contributed by atoms with Crippen molar-refractivity contribution < 1.29 is 14.3 Å². The lowest BCUT2D eigenvalue weighted by Gasteiger charge is -2.31. The Morgan fingerprint density at radius 1 is 1.13 bits per heavy atom. The van der Waals surface area contributed by atoms with E-state index in [1.807, 2.05) is 41.3 Å². The highest BCUT2D eigenvalue weighted by molar-refractivity contribution is 6.04. The summed E-state index contributed by atoms with van der Waals surface area (Å²) in [5.41, 5.74) is 4.59. The summed E-state index contributed by atoms with van der Waals surface area (Å²) in [6.07, 6.45) is 2.02. The molecule has 2 amide bonds. The summed E-state index contributed by atoms with van der Waals surface area (Å²) in [5, 5.41) is 0.989. The van der Waals surface area contributed by atoms with Gasteiger partial charge in [-0.25, -0.2) is 0 Å². The van der Waals surface area contributed by atoms with E-state index in [4.69, 9.17) is 4.74 Å². The number of hydrogen-bond acceptors (Lipinski definition) is 3. The van der Waals surface area contributed by atoms with Gasteiger partial charge in [0.2, 0.25) is 5.91 Å². The highest BCUT2D eigenvalue weighted by atomic mass is 16.5. The van der Waals surface area contributed by atoms with Crippen LogP contribution in [0.5, 0.6) is 5.75 Å². The van der Waals surface area contributed by atoms with Crippen molar-refractivity contribution in [3.63, 3.8) is 0 Å². The Kier molecular flexibility index (Phi) is 5.72. The molecule has 1 aromatic heterocycles. The first-order chi connectivity index (χ1) is 14.9. The van der Waals surface area contributed by atoms with E-state index >= 15 is 0 Å². The normalized spacial score (nSPS) is 16.4. The van der Waals surface area contributed by atoms with Crippen molar-refractivity contribution in [1.82, 2.24) is 14.8 Å². The number of aromatic amines is 1. The van der Waals surface area contributed by atoms with Crippen LogP contribution in [0.3, 0.4) is 0 Å². The van der Waals surface area contributed by atoms with Crippen LogP contribution in [0.15, 0.2) is 42.5 Å². The number of fused-ring (bicyclic) bond motifs is 1. The molecule has 1 fully saturated rings. The van der Waals surface area contributed by atoms with E-state index in [0.717, 1.165) is 59.4 Å². The largest absolute Gasteiger partial charge is 0.496 e. The molecule has 4 rings (SSSR count). The van der Waals surface area contributed by atoms with E-state index in [-0.39, 0.29) is 17.7 Å². The molecular formula is C25H29N3O3. The molecule has 1 saturated heterocycles. The first kappa shape index (κ1) is 21.0. The van der Waals surface area contributed by atoms with Crippen molar-refractivity contribution >= 4 is 22.7 Å². The maximum Gasteiger partial charge on any atom is 0.253 e. The molecule has 6 heteroatoms. The Hall–Kier alpha value is -3.28. The molecular weight excluding hydrogens is 390 g/mol. The van der Waals surface area contributed by atoms with Crippen LogP contribution in [0.2, 0.25) is 0 Å². The third-order valence-corrected chi connectivity index (χ3v) is 6.11. The van der Waals surface area contributed by atoms with Crippen LogP contribution in [-0.2, 0) is 4.79 Å². The summed E-state index contributed by atoms with van der Waals surface area (Å²) < 4.78 is 5.61. The first-order valence-corrected chi connectivity index (χ1v) is 10.7. The summed E-state index contributed by atoms with van der Waals surface area (Å²) >= 11 is 0. The number of carbonyl (C=O) groups excluding carboxylic acids is 2. The Labute approximate surface area is 182 Å². The lowest BCUT2D eigenvalue weighted by molar-refractivity contribution is -0.130. The number of H-pyrrole nitrogens is 1. The number of para-hydroxylation sites is 1. The third kappa shape index (κ3) is 4.02. The van der Waals surface area contributed by atoms with E-state index in [0.29, 0.717) is 5.56 Å². The fourth-order valence-corrected chi connectivity index (χ4v) is 4.46. The van der Waals surface area contributed by atoms with Gasteiger partial charge in [-0.1, -0.05) is 18.2 Å². The minimum atomic E-state index is -0.0405. The topological polar surface area (TPSA) is 65.6 Å². The summed E-state index contributed by atoms with van der Waals surface area (Å²) in [7, 11) is 5.18. The molecule has 1 atom stereocenters. The number of hydrogen-bond donors (Lipinski definition) is 1. The molecule has 0 bridgehead atoms. The zero-order valence-electron chi connectivity index (χ0n) is 18.6. The van der Waals surface area contributed by atoms with Crippen LogP contribution in [0, 0.1) is 0 Å². The zero-order chi connectivity index (χ0) is 22.1. The standard InChI is InChI=1S/C25H29N3O3/c1-16(29)28-11-7-8-17(15-28)22-14-18-12-19(25(30)27(2)3)13-21(24(18)26-22)20-9-5-6-10-23(20)31-4/h5-6,9-10,12-14,17,26H,7-8,11,15H2,1-4H3/t17-/m0/s1. The van der Waals surface area contributed by atoms with Gasteiger partial charge in [0.1, 0.15) is 5.75 Å². The molecule has 3 aromatic rings. The second kappa shape index (κ2) is 8.46. The van der Waals surface area contributed by atoms with E-state index in [2.05, 4.69) is 11.1 Å². The predicted molar refractivity (Wildman–Crippen MR) is 123 cm³/mol. The third-order valence-electron chi connectivity index (χ3n) is 6.11. The molecule has 0 saturated carbocycles. The Morgan fingerprint density at radius 2 is 1.90 bits per heavy atom. The van der Waals surface area contributed by atoms with Gasteiger partial charge in [0.15, 0.2) is 0 Å². The number of ether oxygens (including phenoxy) is 1. The van der Waals surface area contributed by atoms with Crippen molar-refractivity contribution in [2.24, 2.45) is 0 Å². The van der Waals surface area contributed by atoms with Crippen LogP contribution in [0.4, 0.5) is 0 Å². The summed E-state index contributed by atoms with van der Waals surface area (Å²) in [6, 6.07) is 13.9.